The van der Waals surface area contributed by atoms with Crippen LogP contribution in [0.1, 0.15) is 30.1 Å². The van der Waals surface area contributed by atoms with E-state index in [4.69, 9.17) is 9.47 Å². The molecule has 124 valence electrons. The number of carbonyl (C=O) groups is 1. The number of ether oxygens (including phenoxy) is 3. The number of unbranched alkanes of at least 4 members (excludes halogenated alkanes) is 1. The van der Waals surface area contributed by atoms with Crippen LogP contribution in [0.2, 0.25) is 0 Å². The Labute approximate surface area is 130 Å². The minimum absolute atomic E-state index is 0.0293. The molecule has 0 saturated heterocycles. The van der Waals surface area contributed by atoms with E-state index >= 15 is 0 Å². The van der Waals surface area contributed by atoms with Gasteiger partial charge in [-0.05, 0) is 6.42 Å². The van der Waals surface area contributed by atoms with Crippen LogP contribution in [-0.4, -0.2) is 41.5 Å². The average Bonchev–Trinajstić information content (AvgIpc) is 2.51. The van der Waals surface area contributed by atoms with Crippen LogP contribution < -0.4 is 14.2 Å². The van der Waals surface area contributed by atoms with E-state index in [2.05, 4.69) is 9.46 Å². The van der Waals surface area contributed by atoms with Crippen molar-refractivity contribution in [2.75, 3.05) is 31.8 Å². The Morgan fingerprint density at radius 1 is 1.14 bits per heavy atom. The molecule has 0 amide bonds. The summed E-state index contributed by atoms with van der Waals surface area (Å²) < 4.78 is 41.4. The molecule has 1 aromatic rings. The van der Waals surface area contributed by atoms with Crippen molar-refractivity contribution in [2.45, 2.75) is 19.8 Å². The second kappa shape index (κ2) is 7.88. The second-order valence-corrected chi connectivity index (χ2v) is 6.36. The molecule has 22 heavy (non-hydrogen) atoms. The van der Waals surface area contributed by atoms with E-state index in [-0.39, 0.29) is 17.0 Å². The fourth-order valence-electron chi connectivity index (χ4n) is 1.80. The standard InChI is InChI=1S/C14H21NO6S/c1-5-6-7-22(17,18)15-11-9-13(20-3)12(19-2)8-10(11)14(16)21-4/h8-9,15H,5-7H2,1-4H3. The van der Waals surface area contributed by atoms with Crippen LogP contribution in [0.15, 0.2) is 12.1 Å². The van der Waals surface area contributed by atoms with Crippen molar-refractivity contribution >= 4 is 21.7 Å². The van der Waals surface area contributed by atoms with E-state index < -0.39 is 16.0 Å². The topological polar surface area (TPSA) is 90.9 Å². The highest BCUT2D eigenvalue weighted by Crippen LogP contribution is 2.34. The molecule has 0 bridgehead atoms. The lowest BCUT2D eigenvalue weighted by molar-refractivity contribution is 0.0601. The smallest absolute Gasteiger partial charge is 0.340 e. The quantitative estimate of drug-likeness (QED) is 0.733. The maximum absolute atomic E-state index is 12.0. The molecule has 0 aliphatic rings. The Kier molecular flexibility index (Phi) is 6.48. The fourth-order valence-corrected chi connectivity index (χ4v) is 3.07. The van der Waals surface area contributed by atoms with Crippen molar-refractivity contribution in [1.29, 1.82) is 0 Å². The van der Waals surface area contributed by atoms with Crippen molar-refractivity contribution in [3.8, 4) is 11.5 Å². The molecule has 1 aromatic carbocycles. The van der Waals surface area contributed by atoms with E-state index in [1.165, 1.54) is 33.5 Å². The van der Waals surface area contributed by atoms with Crippen LogP contribution in [0, 0.1) is 0 Å². The highest BCUT2D eigenvalue weighted by atomic mass is 32.2. The van der Waals surface area contributed by atoms with E-state index in [0.29, 0.717) is 17.9 Å². The summed E-state index contributed by atoms with van der Waals surface area (Å²) in [5.41, 5.74) is 0.154. The van der Waals surface area contributed by atoms with Crippen LogP contribution >= 0.6 is 0 Å². The molecule has 0 radical (unpaired) electrons. The number of hydrogen-bond acceptors (Lipinski definition) is 6. The highest BCUT2D eigenvalue weighted by Gasteiger charge is 2.21. The summed E-state index contributed by atoms with van der Waals surface area (Å²) in [6.45, 7) is 1.89. The van der Waals surface area contributed by atoms with Gasteiger partial charge in [-0.3, -0.25) is 4.72 Å². The van der Waals surface area contributed by atoms with E-state index in [0.717, 1.165) is 6.42 Å². The van der Waals surface area contributed by atoms with Gasteiger partial charge in [-0.15, -0.1) is 0 Å². The summed E-state index contributed by atoms with van der Waals surface area (Å²) >= 11 is 0. The number of hydrogen-bond donors (Lipinski definition) is 1. The zero-order chi connectivity index (χ0) is 16.8. The molecule has 0 aromatic heterocycles. The zero-order valence-electron chi connectivity index (χ0n) is 13.1. The summed E-state index contributed by atoms with van der Waals surface area (Å²) in [4.78, 5) is 11.8. The number of methoxy groups -OCH3 is 3. The van der Waals surface area contributed by atoms with Crippen LogP contribution in [0.4, 0.5) is 5.69 Å². The molecule has 1 rings (SSSR count). The maximum Gasteiger partial charge on any atom is 0.340 e. The second-order valence-electron chi connectivity index (χ2n) is 4.52. The first kappa shape index (κ1) is 18.1. The van der Waals surface area contributed by atoms with E-state index in [9.17, 15) is 13.2 Å². The molecular weight excluding hydrogens is 310 g/mol. The van der Waals surface area contributed by atoms with Gasteiger partial charge in [0.25, 0.3) is 0 Å². The van der Waals surface area contributed by atoms with Crippen molar-refractivity contribution in [2.24, 2.45) is 0 Å². The fraction of sp³-hybridized carbons (Fsp3) is 0.500. The number of sulfonamides is 1. The number of nitrogens with one attached hydrogen (secondary N) is 1. The van der Waals surface area contributed by atoms with Gasteiger partial charge in [0.05, 0.1) is 38.3 Å². The van der Waals surface area contributed by atoms with Crippen molar-refractivity contribution in [1.82, 2.24) is 0 Å². The SMILES string of the molecule is CCCCS(=O)(=O)Nc1cc(OC)c(OC)cc1C(=O)OC. The summed E-state index contributed by atoms with van der Waals surface area (Å²) in [5.74, 6) is -0.0877. The lowest BCUT2D eigenvalue weighted by Gasteiger charge is -2.15. The Morgan fingerprint density at radius 2 is 1.73 bits per heavy atom. The molecular formula is C14H21NO6S. The van der Waals surface area contributed by atoms with Gasteiger partial charge in [0.2, 0.25) is 10.0 Å². The molecule has 7 nitrogen and oxygen atoms in total. The first-order valence-corrected chi connectivity index (χ1v) is 8.38. The molecule has 0 fully saturated rings. The minimum Gasteiger partial charge on any atom is -0.493 e. The molecule has 0 heterocycles. The van der Waals surface area contributed by atoms with Gasteiger partial charge in [0.1, 0.15) is 0 Å². The number of rotatable bonds is 8. The summed E-state index contributed by atoms with van der Waals surface area (Å²) in [5, 5.41) is 0. The Morgan fingerprint density at radius 3 is 2.23 bits per heavy atom. The number of carbonyl (C=O) groups excluding carboxylic acids is 1. The van der Waals surface area contributed by atoms with Gasteiger partial charge in [-0.25, -0.2) is 13.2 Å². The molecule has 1 N–H and O–H groups in total. The number of benzene rings is 1. The molecule has 0 unspecified atom stereocenters. The monoisotopic (exact) mass is 331 g/mol. The third kappa shape index (κ3) is 4.52. The van der Waals surface area contributed by atoms with Gasteiger partial charge in [-0.2, -0.15) is 0 Å². The van der Waals surface area contributed by atoms with Crippen molar-refractivity contribution in [3.63, 3.8) is 0 Å². The first-order chi connectivity index (χ1) is 10.4. The Bertz CT molecular complexity index is 626. The molecule has 0 aliphatic carbocycles. The third-order valence-corrected chi connectivity index (χ3v) is 4.32. The number of anilines is 1. The van der Waals surface area contributed by atoms with Gasteiger partial charge < -0.3 is 14.2 Å². The van der Waals surface area contributed by atoms with Crippen LogP contribution in [0.5, 0.6) is 11.5 Å². The predicted octanol–water partition coefficient (Wildman–Crippen LogP) is 2.03. The van der Waals surface area contributed by atoms with Gasteiger partial charge >= 0.3 is 5.97 Å². The van der Waals surface area contributed by atoms with E-state index in [1.807, 2.05) is 6.92 Å². The largest absolute Gasteiger partial charge is 0.493 e. The average molecular weight is 331 g/mol. The van der Waals surface area contributed by atoms with Gasteiger partial charge in [-0.1, -0.05) is 13.3 Å². The van der Waals surface area contributed by atoms with Crippen LogP contribution in [0.25, 0.3) is 0 Å². The molecule has 0 saturated carbocycles. The van der Waals surface area contributed by atoms with Crippen LogP contribution in [0.3, 0.4) is 0 Å². The minimum atomic E-state index is -3.56. The first-order valence-electron chi connectivity index (χ1n) is 6.73. The number of esters is 1. The molecule has 0 aliphatic heterocycles. The van der Waals surface area contributed by atoms with Crippen LogP contribution in [-0.2, 0) is 14.8 Å². The lowest BCUT2D eigenvalue weighted by atomic mass is 10.1. The zero-order valence-corrected chi connectivity index (χ0v) is 14.0. The lowest BCUT2D eigenvalue weighted by Crippen LogP contribution is -2.19. The predicted molar refractivity (Wildman–Crippen MR) is 83.2 cm³/mol. The third-order valence-electron chi connectivity index (χ3n) is 2.96. The van der Waals surface area contributed by atoms with E-state index in [1.54, 1.807) is 0 Å². The molecule has 0 atom stereocenters. The summed E-state index contributed by atoms with van der Waals surface area (Å²) in [6.07, 6.45) is 1.27. The van der Waals surface area contributed by atoms with Crippen molar-refractivity contribution < 1.29 is 27.4 Å². The molecule has 8 heteroatoms. The Balaban J connectivity index is 3.28. The normalized spacial score (nSPS) is 10.9. The Hall–Kier alpha value is -1.96. The molecule has 0 spiro atoms. The summed E-state index contributed by atoms with van der Waals surface area (Å²) in [6, 6.07) is 2.77. The highest BCUT2D eigenvalue weighted by molar-refractivity contribution is 7.92. The van der Waals surface area contributed by atoms with Crippen molar-refractivity contribution in [3.05, 3.63) is 17.7 Å². The maximum atomic E-state index is 12.0. The van der Waals surface area contributed by atoms with Gasteiger partial charge in [0.15, 0.2) is 11.5 Å². The summed E-state index contributed by atoms with van der Waals surface area (Å²) in [7, 11) is 0.499. The van der Waals surface area contributed by atoms with Gasteiger partial charge in [0, 0.05) is 12.1 Å².